The van der Waals surface area contributed by atoms with Crippen LogP contribution in [0, 0.1) is 11.7 Å². The zero-order chi connectivity index (χ0) is 17.2. The van der Waals surface area contributed by atoms with Crippen LogP contribution < -0.4 is 10.6 Å². The van der Waals surface area contributed by atoms with E-state index in [-0.39, 0.29) is 29.7 Å². The van der Waals surface area contributed by atoms with E-state index in [4.69, 9.17) is 9.47 Å². The molecule has 0 aromatic heterocycles. The predicted octanol–water partition coefficient (Wildman–Crippen LogP) is 2.77. The fraction of sp³-hybridized carbons (Fsp3) is 0.611. The summed E-state index contributed by atoms with van der Waals surface area (Å²) in [6, 6.07) is 6.55. The van der Waals surface area contributed by atoms with Crippen LogP contribution in [0.2, 0.25) is 0 Å². The monoisotopic (exact) mass is 336 g/mol. The number of carbonyl (C=O) groups excluding carboxylic acids is 1. The first-order chi connectivity index (χ1) is 11.5. The lowest BCUT2D eigenvalue weighted by Gasteiger charge is -2.26. The standard InChI is InChI=1S/C18H25FN2O3/c1-12(10-18(2)23-7-8-24-18)11-20-17(22)21-16-9-14(16)13-5-3-4-6-15(13)19/h3-6,12,14,16H,7-11H2,1-2H3,(H2,20,21,22)/t12-,14+,16-/m0/s1. The molecule has 132 valence electrons. The lowest BCUT2D eigenvalue weighted by atomic mass is 10.0. The van der Waals surface area contributed by atoms with Gasteiger partial charge in [0.2, 0.25) is 0 Å². The van der Waals surface area contributed by atoms with Crippen molar-refractivity contribution in [3.8, 4) is 0 Å². The van der Waals surface area contributed by atoms with Gasteiger partial charge in [0, 0.05) is 24.9 Å². The van der Waals surface area contributed by atoms with Crippen molar-refractivity contribution >= 4 is 6.03 Å². The minimum atomic E-state index is -0.538. The fourth-order valence-corrected chi connectivity index (χ4v) is 3.34. The number of urea groups is 1. The van der Waals surface area contributed by atoms with E-state index in [9.17, 15) is 9.18 Å². The Labute approximate surface area is 141 Å². The van der Waals surface area contributed by atoms with Crippen molar-refractivity contribution in [1.82, 2.24) is 10.6 Å². The van der Waals surface area contributed by atoms with Gasteiger partial charge in [-0.3, -0.25) is 0 Å². The van der Waals surface area contributed by atoms with Crippen LogP contribution in [0.15, 0.2) is 24.3 Å². The largest absolute Gasteiger partial charge is 0.348 e. The SMILES string of the molecule is C[C@H](CNC(=O)N[C@H]1C[C@@H]1c1ccccc1F)CC1(C)OCCO1. The molecule has 1 saturated carbocycles. The molecule has 2 amide bonds. The number of hydrogen-bond donors (Lipinski definition) is 2. The zero-order valence-corrected chi connectivity index (χ0v) is 14.2. The van der Waals surface area contributed by atoms with E-state index in [0.29, 0.717) is 25.3 Å². The summed E-state index contributed by atoms with van der Waals surface area (Å²) in [5, 5.41) is 5.79. The van der Waals surface area contributed by atoms with E-state index in [1.165, 1.54) is 6.07 Å². The molecule has 2 N–H and O–H groups in total. The van der Waals surface area contributed by atoms with E-state index < -0.39 is 5.79 Å². The van der Waals surface area contributed by atoms with E-state index in [1.54, 1.807) is 12.1 Å². The summed E-state index contributed by atoms with van der Waals surface area (Å²) in [6.07, 6.45) is 1.51. The van der Waals surface area contributed by atoms with E-state index in [2.05, 4.69) is 17.6 Å². The van der Waals surface area contributed by atoms with Crippen LogP contribution in [0.1, 0.15) is 38.2 Å². The summed E-state index contributed by atoms with van der Waals surface area (Å²) in [6.45, 7) is 5.77. The molecule has 0 spiro atoms. The van der Waals surface area contributed by atoms with Crippen LogP contribution in [0.5, 0.6) is 0 Å². The van der Waals surface area contributed by atoms with Crippen molar-refractivity contribution in [1.29, 1.82) is 0 Å². The maximum absolute atomic E-state index is 13.7. The molecule has 0 bridgehead atoms. The second kappa shape index (κ2) is 7.07. The van der Waals surface area contributed by atoms with Gasteiger partial charge in [-0.2, -0.15) is 0 Å². The lowest BCUT2D eigenvalue weighted by molar-refractivity contribution is -0.153. The molecule has 1 saturated heterocycles. The van der Waals surface area contributed by atoms with Gasteiger partial charge in [-0.1, -0.05) is 25.1 Å². The number of rotatable bonds is 6. The normalized spacial score (nSPS) is 26.0. The summed E-state index contributed by atoms with van der Waals surface area (Å²) >= 11 is 0. The molecule has 24 heavy (non-hydrogen) atoms. The lowest BCUT2D eigenvalue weighted by Crippen LogP contribution is -2.40. The van der Waals surface area contributed by atoms with Gasteiger partial charge in [-0.25, -0.2) is 9.18 Å². The highest BCUT2D eigenvalue weighted by atomic mass is 19.1. The molecule has 0 unspecified atom stereocenters. The van der Waals surface area contributed by atoms with Crippen LogP contribution in [-0.4, -0.2) is 37.6 Å². The van der Waals surface area contributed by atoms with Crippen molar-refractivity contribution < 1.29 is 18.7 Å². The predicted molar refractivity (Wildman–Crippen MR) is 88.2 cm³/mol. The number of nitrogens with one attached hydrogen (secondary N) is 2. The van der Waals surface area contributed by atoms with Gasteiger partial charge in [0.25, 0.3) is 0 Å². The van der Waals surface area contributed by atoms with Gasteiger partial charge in [0.1, 0.15) is 5.82 Å². The highest BCUT2D eigenvalue weighted by molar-refractivity contribution is 5.74. The van der Waals surface area contributed by atoms with Crippen LogP contribution in [0.3, 0.4) is 0 Å². The Bertz CT molecular complexity index is 589. The molecular weight excluding hydrogens is 311 g/mol. The van der Waals surface area contributed by atoms with Crippen LogP contribution in [0.25, 0.3) is 0 Å². The highest BCUT2D eigenvalue weighted by Crippen LogP contribution is 2.41. The molecule has 3 atom stereocenters. The van der Waals surface area contributed by atoms with Gasteiger partial charge in [0.05, 0.1) is 13.2 Å². The highest BCUT2D eigenvalue weighted by Gasteiger charge is 2.41. The minimum Gasteiger partial charge on any atom is -0.348 e. The second-order valence-corrected chi connectivity index (χ2v) is 6.96. The molecule has 5 nitrogen and oxygen atoms in total. The van der Waals surface area contributed by atoms with Crippen molar-refractivity contribution in [2.24, 2.45) is 5.92 Å². The molecule has 0 radical (unpaired) electrons. The Morgan fingerprint density at radius 2 is 2.08 bits per heavy atom. The second-order valence-electron chi connectivity index (χ2n) is 6.96. The Morgan fingerprint density at radius 3 is 2.79 bits per heavy atom. The number of hydrogen-bond acceptors (Lipinski definition) is 3. The average Bonchev–Trinajstić information content (AvgIpc) is 3.16. The molecular formula is C18H25FN2O3. The first-order valence-corrected chi connectivity index (χ1v) is 8.53. The van der Waals surface area contributed by atoms with E-state index in [0.717, 1.165) is 12.8 Å². The Hall–Kier alpha value is -1.66. The van der Waals surface area contributed by atoms with Gasteiger partial charge in [-0.05, 0) is 30.9 Å². The van der Waals surface area contributed by atoms with Crippen LogP contribution >= 0.6 is 0 Å². The summed E-state index contributed by atoms with van der Waals surface area (Å²) in [4.78, 5) is 12.0. The average molecular weight is 336 g/mol. The molecule has 1 aliphatic carbocycles. The van der Waals surface area contributed by atoms with Crippen molar-refractivity contribution in [3.63, 3.8) is 0 Å². The molecule has 2 fully saturated rings. The van der Waals surface area contributed by atoms with Crippen LogP contribution in [0.4, 0.5) is 9.18 Å². The fourth-order valence-electron chi connectivity index (χ4n) is 3.34. The Balaban J connectivity index is 1.38. The third-order valence-corrected chi connectivity index (χ3v) is 4.64. The smallest absolute Gasteiger partial charge is 0.315 e. The third kappa shape index (κ3) is 4.24. The number of carbonyl (C=O) groups is 1. The van der Waals surface area contributed by atoms with Crippen molar-refractivity contribution in [3.05, 3.63) is 35.6 Å². The zero-order valence-electron chi connectivity index (χ0n) is 14.2. The first-order valence-electron chi connectivity index (χ1n) is 8.53. The van der Waals surface area contributed by atoms with Gasteiger partial charge < -0.3 is 20.1 Å². The summed E-state index contributed by atoms with van der Waals surface area (Å²) in [5.74, 6) is -0.427. The Kier molecular flexibility index (Phi) is 5.06. The van der Waals surface area contributed by atoms with Gasteiger partial charge in [-0.15, -0.1) is 0 Å². The third-order valence-electron chi connectivity index (χ3n) is 4.64. The summed E-state index contributed by atoms with van der Waals surface area (Å²) in [5.41, 5.74) is 0.680. The maximum atomic E-state index is 13.7. The minimum absolute atomic E-state index is 0.0104. The molecule has 1 heterocycles. The maximum Gasteiger partial charge on any atom is 0.315 e. The van der Waals surface area contributed by atoms with E-state index in [1.807, 2.05) is 13.0 Å². The first kappa shape index (κ1) is 17.2. The number of ether oxygens (including phenoxy) is 2. The number of halogens is 1. The van der Waals surface area contributed by atoms with E-state index >= 15 is 0 Å². The summed E-state index contributed by atoms with van der Waals surface area (Å²) < 4.78 is 24.9. The summed E-state index contributed by atoms with van der Waals surface area (Å²) in [7, 11) is 0. The molecule has 1 aliphatic heterocycles. The van der Waals surface area contributed by atoms with Gasteiger partial charge >= 0.3 is 6.03 Å². The molecule has 1 aromatic carbocycles. The van der Waals surface area contributed by atoms with Gasteiger partial charge in [0.15, 0.2) is 5.79 Å². The topological polar surface area (TPSA) is 59.6 Å². The molecule has 6 heteroatoms. The van der Waals surface area contributed by atoms with Crippen molar-refractivity contribution in [2.45, 2.75) is 44.4 Å². The number of amides is 2. The number of benzene rings is 1. The molecule has 1 aromatic rings. The Morgan fingerprint density at radius 1 is 1.38 bits per heavy atom. The quantitative estimate of drug-likeness (QED) is 0.840. The van der Waals surface area contributed by atoms with Crippen molar-refractivity contribution in [2.75, 3.05) is 19.8 Å². The molecule has 2 aliphatic rings. The van der Waals surface area contributed by atoms with Crippen LogP contribution in [-0.2, 0) is 9.47 Å². The molecule has 3 rings (SSSR count).